The molecule has 0 saturated heterocycles. The van der Waals surface area contributed by atoms with Crippen molar-refractivity contribution < 1.29 is 36.7 Å². The Balaban J connectivity index is 1.95. The Labute approximate surface area is 197 Å². The van der Waals surface area contributed by atoms with E-state index in [1.165, 1.54) is 31.5 Å². The summed E-state index contributed by atoms with van der Waals surface area (Å²) in [6.45, 7) is 2.67. The fraction of sp³-hybridized carbons (Fsp3) is 0.250. The fourth-order valence-corrected chi connectivity index (χ4v) is 5.63. The molecule has 33 heavy (non-hydrogen) atoms. The van der Waals surface area contributed by atoms with E-state index < -0.39 is 27.6 Å². The molecule has 1 atom stereocenters. The van der Waals surface area contributed by atoms with Gasteiger partial charge in [0.1, 0.15) is 16.7 Å². The van der Waals surface area contributed by atoms with E-state index in [2.05, 4.69) is 5.16 Å². The number of ether oxygens (including phenoxy) is 3. The molecule has 174 valence electrons. The number of nitrogens with zero attached hydrogens (tertiary/aromatic N) is 1. The van der Waals surface area contributed by atoms with E-state index in [1.54, 1.807) is 12.3 Å². The quantitative estimate of drug-likeness (QED) is 0.473. The van der Waals surface area contributed by atoms with Gasteiger partial charge in [0, 0.05) is 17.0 Å². The summed E-state index contributed by atoms with van der Waals surface area (Å²) in [5, 5.41) is 6.71. The molecule has 3 heterocycles. The summed E-state index contributed by atoms with van der Waals surface area (Å²) in [6, 6.07) is 2.79. The molecule has 0 aliphatic carbocycles. The van der Waals surface area contributed by atoms with E-state index in [0.29, 0.717) is 0 Å². The average Bonchev–Trinajstić information content (AvgIpc) is 3.51. The van der Waals surface area contributed by atoms with Gasteiger partial charge in [0.25, 0.3) is 10.0 Å². The van der Waals surface area contributed by atoms with Gasteiger partial charge in [-0.2, -0.15) is 11.3 Å². The number of sulfonamides is 1. The number of ketones is 1. The third-order valence-corrected chi connectivity index (χ3v) is 7.54. The highest BCUT2D eigenvalue weighted by Gasteiger charge is 2.40. The fourth-order valence-electron chi connectivity index (χ4n) is 3.43. The van der Waals surface area contributed by atoms with Gasteiger partial charge in [0.15, 0.2) is 23.0 Å². The number of nitrogens with one attached hydrogen (secondary N) is 1. The molecule has 0 saturated carbocycles. The van der Waals surface area contributed by atoms with Crippen LogP contribution in [0.3, 0.4) is 0 Å². The molecule has 0 radical (unpaired) electrons. The summed E-state index contributed by atoms with van der Waals surface area (Å²) in [7, 11) is -2.89. The lowest BCUT2D eigenvalue weighted by Gasteiger charge is -2.21. The van der Waals surface area contributed by atoms with Crippen molar-refractivity contribution >= 4 is 44.7 Å². The number of Topliss-reactive ketones (excluding diaryl/α,β-unsaturated/α-hetero) is 1. The van der Waals surface area contributed by atoms with Crippen LogP contribution in [-0.4, -0.2) is 39.2 Å². The zero-order valence-corrected chi connectivity index (χ0v) is 19.9. The first-order chi connectivity index (χ1) is 15.7. The van der Waals surface area contributed by atoms with E-state index in [9.17, 15) is 18.0 Å². The van der Waals surface area contributed by atoms with Gasteiger partial charge in [-0.1, -0.05) is 16.8 Å². The Morgan fingerprint density at radius 3 is 2.67 bits per heavy atom. The first-order valence-electron chi connectivity index (χ1n) is 9.37. The van der Waals surface area contributed by atoms with Gasteiger partial charge >= 0.3 is 0 Å². The molecule has 10 nitrogen and oxygen atoms in total. The van der Waals surface area contributed by atoms with Gasteiger partial charge in [-0.3, -0.25) is 9.59 Å². The molecule has 1 aliphatic rings. The lowest BCUT2D eigenvalue weighted by molar-refractivity contribution is -0.120. The molecule has 1 N–H and O–H groups in total. The van der Waals surface area contributed by atoms with E-state index in [-0.39, 0.29) is 56.5 Å². The molecule has 0 fully saturated rings. The second kappa shape index (κ2) is 8.69. The van der Waals surface area contributed by atoms with Crippen molar-refractivity contribution in [3.63, 3.8) is 0 Å². The van der Waals surface area contributed by atoms with Gasteiger partial charge in [-0.05, 0) is 25.3 Å². The molecule has 1 amide bonds. The Morgan fingerprint density at radius 2 is 2.09 bits per heavy atom. The Bertz CT molecular complexity index is 1350. The molecule has 1 unspecified atom stereocenters. The molecular formula is C20H17ClN2O8S2. The number of methoxy groups -OCH3 is 1. The number of aryl methyl sites for hydroxylation is 1. The summed E-state index contributed by atoms with van der Waals surface area (Å²) in [4.78, 5) is 26.1. The van der Waals surface area contributed by atoms with Gasteiger partial charge < -0.3 is 18.7 Å². The van der Waals surface area contributed by atoms with Crippen LogP contribution in [0, 0.1) is 6.92 Å². The molecule has 4 rings (SSSR count). The van der Waals surface area contributed by atoms with Crippen LogP contribution in [0.2, 0.25) is 5.02 Å². The summed E-state index contributed by atoms with van der Waals surface area (Å²) in [6.07, 6.45) is 0. The predicted octanol–water partition coefficient (Wildman–Crippen LogP) is 3.27. The van der Waals surface area contributed by atoms with Crippen LogP contribution < -0.4 is 18.9 Å². The van der Waals surface area contributed by atoms with E-state index >= 15 is 0 Å². The summed E-state index contributed by atoms with van der Waals surface area (Å²) >= 11 is 7.50. The lowest BCUT2D eigenvalue weighted by atomic mass is 9.88. The molecular weight excluding hydrogens is 496 g/mol. The van der Waals surface area contributed by atoms with Crippen LogP contribution in [0.1, 0.15) is 40.2 Å². The Kier molecular flexibility index (Phi) is 6.08. The number of thiophene rings is 1. The van der Waals surface area contributed by atoms with E-state index in [1.807, 2.05) is 4.72 Å². The van der Waals surface area contributed by atoms with Crippen LogP contribution in [0.25, 0.3) is 0 Å². The molecule has 0 spiro atoms. The number of hydrogen-bond acceptors (Lipinski definition) is 10. The van der Waals surface area contributed by atoms with Crippen molar-refractivity contribution in [1.82, 2.24) is 9.88 Å². The third kappa shape index (κ3) is 4.05. The topological polar surface area (TPSA) is 134 Å². The second-order valence-corrected chi connectivity index (χ2v) is 9.81. The van der Waals surface area contributed by atoms with Crippen LogP contribution >= 0.6 is 22.9 Å². The van der Waals surface area contributed by atoms with E-state index in [0.717, 1.165) is 11.3 Å². The van der Waals surface area contributed by atoms with Gasteiger partial charge in [0.05, 0.1) is 23.3 Å². The number of carbonyl (C=O) groups is 2. The Morgan fingerprint density at radius 1 is 1.33 bits per heavy atom. The van der Waals surface area contributed by atoms with Gasteiger partial charge in [-0.15, -0.1) is 0 Å². The zero-order chi connectivity index (χ0) is 23.9. The second-order valence-electron chi connectivity index (χ2n) is 6.97. The normalized spacial score (nSPS) is 13.6. The average molecular weight is 513 g/mol. The van der Waals surface area contributed by atoms with Crippen molar-refractivity contribution in [2.24, 2.45) is 0 Å². The highest BCUT2D eigenvalue weighted by molar-refractivity contribution is 7.90. The maximum absolute atomic E-state index is 13.5. The molecule has 1 aromatic carbocycles. The Hall–Kier alpha value is -3.09. The predicted molar refractivity (Wildman–Crippen MR) is 117 cm³/mol. The number of carbonyl (C=O) groups excluding carboxylic acids is 2. The maximum atomic E-state index is 13.5. The van der Waals surface area contributed by atoms with Crippen LogP contribution in [0.5, 0.6) is 17.2 Å². The number of fused-ring (bicyclic) bond motifs is 1. The summed E-state index contributed by atoms with van der Waals surface area (Å²) in [5.41, 5.74) is 0.250. The molecule has 0 bridgehead atoms. The SMILES string of the molecule is COc1cc2c(c(C(C)=O)c1C(C(=O)NS(=O)(=O)c1ccsc1)c1onc(C)c1Cl)OCO2. The number of rotatable bonds is 7. The molecule has 1 aliphatic heterocycles. The van der Waals surface area contributed by atoms with Crippen molar-refractivity contribution in [1.29, 1.82) is 0 Å². The summed E-state index contributed by atoms with van der Waals surface area (Å²) in [5.74, 6) is -2.77. The highest BCUT2D eigenvalue weighted by atomic mass is 35.5. The maximum Gasteiger partial charge on any atom is 0.264 e. The number of aromatic nitrogens is 1. The van der Waals surface area contributed by atoms with Crippen LogP contribution in [0.4, 0.5) is 0 Å². The minimum Gasteiger partial charge on any atom is -0.496 e. The van der Waals surface area contributed by atoms with Gasteiger partial charge in [0.2, 0.25) is 12.7 Å². The van der Waals surface area contributed by atoms with Crippen molar-refractivity contribution in [3.05, 3.63) is 50.5 Å². The highest BCUT2D eigenvalue weighted by Crippen LogP contribution is 2.48. The molecule has 3 aromatic rings. The smallest absolute Gasteiger partial charge is 0.264 e. The standard InChI is InChI=1S/C20H17ClN2O8S2/c1-9-17(21)19(31-22-9)16(20(25)23-33(26,27)11-4-5-32-7-11)15-12(28-3)6-13-18(30-8-29-13)14(15)10(2)24/h4-7,16H,8H2,1-3H3,(H,23,25). The number of benzene rings is 1. The third-order valence-electron chi connectivity index (χ3n) is 4.91. The largest absolute Gasteiger partial charge is 0.496 e. The monoisotopic (exact) mass is 512 g/mol. The van der Waals surface area contributed by atoms with Crippen molar-refractivity contribution in [2.75, 3.05) is 13.9 Å². The molecule has 2 aromatic heterocycles. The van der Waals surface area contributed by atoms with Gasteiger partial charge in [-0.25, -0.2) is 13.1 Å². The van der Waals surface area contributed by atoms with Crippen molar-refractivity contribution in [2.45, 2.75) is 24.7 Å². The molecule has 13 heteroatoms. The zero-order valence-electron chi connectivity index (χ0n) is 17.5. The van der Waals surface area contributed by atoms with Crippen molar-refractivity contribution in [3.8, 4) is 17.2 Å². The van der Waals surface area contributed by atoms with E-state index in [4.69, 9.17) is 30.3 Å². The number of halogens is 1. The first kappa shape index (κ1) is 23.1. The minimum absolute atomic E-state index is 0.00250. The van der Waals surface area contributed by atoms with Crippen LogP contribution in [0.15, 0.2) is 32.3 Å². The summed E-state index contributed by atoms with van der Waals surface area (Å²) < 4.78 is 49.2. The van der Waals surface area contributed by atoms with Crippen LogP contribution in [-0.2, 0) is 14.8 Å². The number of amides is 1. The first-order valence-corrected chi connectivity index (χ1v) is 12.2. The lowest BCUT2D eigenvalue weighted by Crippen LogP contribution is -2.35. The number of hydrogen-bond donors (Lipinski definition) is 1. The minimum atomic E-state index is -4.22.